The molecule has 5 heteroatoms. The van der Waals surface area contributed by atoms with Crippen LogP contribution in [0.25, 0.3) is 10.8 Å². The molecule has 1 aliphatic heterocycles. The molecule has 0 fully saturated rings. The summed E-state index contributed by atoms with van der Waals surface area (Å²) in [6.07, 6.45) is 0. The second-order valence-corrected chi connectivity index (χ2v) is 6.27. The number of pyridine rings is 1. The third-order valence-corrected chi connectivity index (χ3v) is 3.43. The second kappa shape index (κ2) is 4.28. The summed E-state index contributed by atoms with van der Waals surface area (Å²) in [5.41, 5.74) is 0.437. The Morgan fingerprint density at radius 1 is 1.05 bits per heavy atom. The van der Waals surface area contributed by atoms with E-state index in [1.807, 2.05) is 45.0 Å². The van der Waals surface area contributed by atoms with E-state index >= 15 is 0 Å². The molecule has 21 heavy (non-hydrogen) atoms. The molecule has 0 bridgehead atoms. The number of nitrogens with zero attached hydrogens (tertiary/aromatic N) is 2. The Morgan fingerprint density at radius 3 is 2.29 bits per heavy atom. The quantitative estimate of drug-likeness (QED) is 0.817. The minimum Gasteiger partial charge on any atom is -0.365 e. The Labute approximate surface area is 123 Å². The number of fused-ring (bicyclic) bond motifs is 3. The maximum absolute atomic E-state index is 12.3. The van der Waals surface area contributed by atoms with Gasteiger partial charge in [0, 0.05) is 23.4 Å². The van der Waals surface area contributed by atoms with Crippen molar-refractivity contribution in [3.8, 4) is 0 Å². The Bertz CT molecular complexity index is 775. The summed E-state index contributed by atoms with van der Waals surface area (Å²) in [5, 5.41) is 4.92. The van der Waals surface area contributed by atoms with Gasteiger partial charge in [-0.15, -0.1) is 0 Å². The summed E-state index contributed by atoms with van der Waals surface area (Å²) in [7, 11) is 1.48. The predicted molar refractivity (Wildman–Crippen MR) is 81.5 cm³/mol. The molecule has 0 saturated heterocycles. The fourth-order valence-corrected chi connectivity index (χ4v) is 2.50. The first-order valence-electron chi connectivity index (χ1n) is 6.83. The van der Waals surface area contributed by atoms with Crippen LogP contribution in [0.5, 0.6) is 0 Å². The fourth-order valence-electron chi connectivity index (χ4n) is 2.50. The van der Waals surface area contributed by atoms with E-state index in [1.54, 1.807) is 0 Å². The maximum Gasteiger partial charge on any atom is 0.280 e. The lowest BCUT2D eigenvalue weighted by Crippen LogP contribution is -2.27. The van der Waals surface area contributed by atoms with Gasteiger partial charge in [-0.3, -0.25) is 14.5 Å². The van der Waals surface area contributed by atoms with Crippen molar-refractivity contribution in [3.05, 3.63) is 35.5 Å². The highest BCUT2D eigenvalue weighted by Gasteiger charge is 2.37. The normalized spacial score (nSPS) is 14.8. The molecule has 3 rings (SSSR count). The summed E-state index contributed by atoms with van der Waals surface area (Å²) in [6, 6.07) is 7.52. The SMILES string of the molecule is CN1C(=O)c2nc(NC(C)(C)C)c3ccccc3c2C1=O. The molecular formula is C16H17N3O2. The van der Waals surface area contributed by atoms with Crippen molar-refractivity contribution in [2.24, 2.45) is 0 Å². The number of rotatable bonds is 1. The number of imide groups is 1. The van der Waals surface area contributed by atoms with Gasteiger partial charge in [0.15, 0.2) is 0 Å². The number of nitrogens with one attached hydrogen (secondary N) is 1. The van der Waals surface area contributed by atoms with Gasteiger partial charge in [0.1, 0.15) is 11.5 Å². The smallest absolute Gasteiger partial charge is 0.280 e. The molecule has 0 aliphatic carbocycles. The van der Waals surface area contributed by atoms with Crippen LogP contribution < -0.4 is 5.32 Å². The largest absolute Gasteiger partial charge is 0.365 e. The highest BCUT2D eigenvalue weighted by molar-refractivity contribution is 6.26. The van der Waals surface area contributed by atoms with E-state index in [-0.39, 0.29) is 23.0 Å². The van der Waals surface area contributed by atoms with Gasteiger partial charge in [-0.2, -0.15) is 0 Å². The van der Waals surface area contributed by atoms with Crippen LogP contribution in [0, 0.1) is 0 Å². The predicted octanol–water partition coefficient (Wildman–Crippen LogP) is 2.67. The van der Waals surface area contributed by atoms with E-state index in [1.165, 1.54) is 7.05 Å². The van der Waals surface area contributed by atoms with Gasteiger partial charge < -0.3 is 5.32 Å². The van der Waals surface area contributed by atoms with Crippen LogP contribution >= 0.6 is 0 Å². The third kappa shape index (κ3) is 2.05. The van der Waals surface area contributed by atoms with Gasteiger partial charge in [-0.1, -0.05) is 24.3 Å². The average Bonchev–Trinajstić information content (AvgIpc) is 2.62. The van der Waals surface area contributed by atoms with Gasteiger partial charge in [0.05, 0.1) is 5.56 Å². The monoisotopic (exact) mass is 283 g/mol. The lowest BCUT2D eigenvalue weighted by Gasteiger charge is -2.22. The van der Waals surface area contributed by atoms with Crippen molar-refractivity contribution >= 4 is 28.4 Å². The number of carbonyl (C=O) groups is 2. The molecular weight excluding hydrogens is 266 g/mol. The Hall–Kier alpha value is -2.43. The maximum atomic E-state index is 12.3. The van der Waals surface area contributed by atoms with E-state index in [4.69, 9.17) is 0 Å². The minimum absolute atomic E-state index is 0.193. The molecule has 0 spiro atoms. The molecule has 1 aromatic carbocycles. The highest BCUT2D eigenvalue weighted by atomic mass is 16.2. The summed E-state index contributed by atoms with van der Waals surface area (Å²) >= 11 is 0. The van der Waals surface area contributed by atoms with Crippen molar-refractivity contribution in [1.82, 2.24) is 9.88 Å². The third-order valence-electron chi connectivity index (χ3n) is 3.43. The van der Waals surface area contributed by atoms with Crippen LogP contribution in [0.4, 0.5) is 5.82 Å². The van der Waals surface area contributed by atoms with Crippen molar-refractivity contribution < 1.29 is 9.59 Å². The number of benzene rings is 1. The summed E-state index contributed by atoms with van der Waals surface area (Å²) in [6.45, 7) is 6.07. The van der Waals surface area contributed by atoms with Crippen molar-refractivity contribution in [3.63, 3.8) is 0 Å². The van der Waals surface area contributed by atoms with E-state index in [0.29, 0.717) is 11.4 Å². The number of hydrogen-bond acceptors (Lipinski definition) is 4. The van der Waals surface area contributed by atoms with Crippen molar-refractivity contribution in [1.29, 1.82) is 0 Å². The molecule has 2 amide bonds. The van der Waals surface area contributed by atoms with Gasteiger partial charge in [0.2, 0.25) is 0 Å². The summed E-state index contributed by atoms with van der Waals surface area (Å²) in [4.78, 5) is 30.0. The number of aromatic nitrogens is 1. The first kappa shape index (κ1) is 13.5. The molecule has 108 valence electrons. The average molecular weight is 283 g/mol. The van der Waals surface area contributed by atoms with Crippen LogP contribution in [-0.2, 0) is 0 Å². The van der Waals surface area contributed by atoms with Crippen LogP contribution in [-0.4, -0.2) is 34.3 Å². The highest BCUT2D eigenvalue weighted by Crippen LogP contribution is 2.33. The van der Waals surface area contributed by atoms with E-state index in [2.05, 4.69) is 10.3 Å². The first-order valence-corrected chi connectivity index (χ1v) is 6.83. The fraction of sp³-hybridized carbons (Fsp3) is 0.312. The number of hydrogen-bond donors (Lipinski definition) is 1. The van der Waals surface area contributed by atoms with Gasteiger partial charge in [0.25, 0.3) is 11.8 Å². The van der Waals surface area contributed by atoms with E-state index < -0.39 is 0 Å². The topological polar surface area (TPSA) is 62.3 Å². The standard InChI is InChI=1S/C16H17N3O2/c1-16(2,3)18-13-10-8-6-5-7-9(10)11-12(17-13)15(21)19(4)14(11)20/h5-8H,1-4H3,(H,17,18). The molecule has 1 aliphatic rings. The lowest BCUT2D eigenvalue weighted by atomic mass is 10.0. The molecule has 0 saturated carbocycles. The second-order valence-electron chi connectivity index (χ2n) is 6.27. The van der Waals surface area contributed by atoms with E-state index in [0.717, 1.165) is 15.7 Å². The lowest BCUT2D eigenvalue weighted by molar-refractivity contribution is 0.0692. The summed E-state index contributed by atoms with van der Waals surface area (Å²) < 4.78 is 0. The van der Waals surface area contributed by atoms with Crippen molar-refractivity contribution in [2.45, 2.75) is 26.3 Å². The Kier molecular flexibility index (Phi) is 2.76. The van der Waals surface area contributed by atoms with Crippen LogP contribution in [0.1, 0.15) is 41.6 Å². The van der Waals surface area contributed by atoms with Crippen LogP contribution in [0.2, 0.25) is 0 Å². The summed E-state index contributed by atoms with van der Waals surface area (Å²) in [5.74, 6) is -0.00739. The molecule has 2 heterocycles. The first-order chi connectivity index (χ1) is 9.79. The zero-order chi connectivity index (χ0) is 15.4. The zero-order valence-electron chi connectivity index (χ0n) is 12.5. The van der Waals surface area contributed by atoms with Crippen molar-refractivity contribution in [2.75, 3.05) is 12.4 Å². The molecule has 2 aromatic rings. The zero-order valence-corrected chi connectivity index (χ0v) is 12.5. The van der Waals surface area contributed by atoms with Gasteiger partial charge in [-0.05, 0) is 20.8 Å². The number of amides is 2. The van der Waals surface area contributed by atoms with Gasteiger partial charge in [-0.25, -0.2) is 4.98 Å². The number of anilines is 1. The molecule has 5 nitrogen and oxygen atoms in total. The molecule has 0 atom stereocenters. The van der Waals surface area contributed by atoms with Crippen LogP contribution in [0.3, 0.4) is 0 Å². The molecule has 1 aromatic heterocycles. The van der Waals surface area contributed by atoms with E-state index in [9.17, 15) is 9.59 Å². The Morgan fingerprint density at radius 2 is 1.67 bits per heavy atom. The Balaban J connectivity index is 2.34. The van der Waals surface area contributed by atoms with Crippen LogP contribution in [0.15, 0.2) is 24.3 Å². The number of carbonyl (C=O) groups excluding carboxylic acids is 2. The minimum atomic E-state index is -0.349. The molecule has 0 radical (unpaired) electrons. The van der Waals surface area contributed by atoms with Gasteiger partial charge >= 0.3 is 0 Å². The molecule has 0 unspecified atom stereocenters. The molecule has 1 N–H and O–H groups in total.